The Morgan fingerprint density at radius 3 is 2.62 bits per heavy atom. The molecule has 2 rings (SSSR count). The van der Waals surface area contributed by atoms with Crippen molar-refractivity contribution < 1.29 is 9.47 Å². The summed E-state index contributed by atoms with van der Waals surface area (Å²) in [4.78, 5) is 0. The summed E-state index contributed by atoms with van der Waals surface area (Å²) >= 11 is 0. The zero-order chi connectivity index (χ0) is 15.4. The Balaban J connectivity index is 2.09. The molecule has 2 aromatic rings. The SMILES string of the molecule is COc1ccc(C(C)NCc2cn(C)nc2C)c(OC)c1. The van der Waals surface area contributed by atoms with Crippen LogP contribution in [0.4, 0.5) is 0 Å². The molecule has 1 unspecified atom stereocenters. The Hall–Kier alpha value is -2.01. The maximum Gasteiger partial charge on any atom is 0.127 e. The van der Waals surface area contributed by atoms with Crippen LogP contribution in [-0.2, 0) is 13.6 Å². The Morgan fingerprint density at radius 2 is 2.05 bits per heavy atom. The van der Waals surface area contributed by atoms with E-state index in [1.54, 1.807) is 14.2 Å². The highest BCUT2D eigenvalue weighted by atomic mass is 16.5. The second-order valence-electron chi connectivity index (χ2n) is 5.12. The van der Waals surface area contributed by atoms with Crippen LogP contribution < -0.4 is 14.8 Å². The van der Waals surface area contributed by atoms with Crippen LogP contribution in [0.15, 0.2) is 24.4 Å². The molecule has 114 valence electrons. The van der Waals surface area contributed by atoms with Gasteiger partial charge in [0.05, 0.1) is 19.9 Å². The number of benzene rings is 1. The number of hydrogen-bond donors (Lipinski definition) is 1. The van der Waals surface area contributed by atoms with Crippen molar-refractivity contribution in [2.24, 2.45) is 7.05 Å². The highest BCUT2D eigenvalue weighted by Gasteiger charge is 2.13. The molecule has 0 amide bonds. The fourth-order valence-electron chi connectivity index (χ4n) is 2.37. The Labute approximate surface area is 125 Å². The van der Waals surface area contributed by atoms with Crippen molar-refractivity contribution in [1.29, 1.82) is 0 Å². The van der Waals surface area contributed by atoms with E-state index in [9.17, 15) is 0 Å². The van der Waals surface area contributed by atoms with Gasteiger partial charge in [-0.1, -0.05) is 6.07 Å². The average molecular weight is 289 g/mol. The first-order valence-electron chi connectivity index (χ1n) is 6.99. The van der Waals surface area contributed by atoms with E-state index in [2.05, 4.69) is 17.3 Å². The van der Waals surface area contributed by atoms with E-state index in [0.29, 0.717) is 0 Å². The predicted molar refractivity (Wildman–Crippen MR) is 82.7 cm³/mol. The molecule has 0 aliphatic rings. The summed E-state index contributed by atoms with van der Waals surface area (Å²) in [5.74, 6) is 1.63. The maximum atomic E-state index is 5.45. The van der Waals surface area contributed by atoms with Gasteiger partial charge in [-0.25, -0.2) is 0 Å². The van der Waals surface area contributed by atoms with Crippen LogP contribution in [0.25, 0.3) is 0 Å². The first-order chi connectivity index (χ1) is 10.0. The van der Waals surface area contributed by atoms with Gasteiger partial charge in [-0.3, -0.25) is 4.68 Å². The summed E-state index contributed by atoms with van der Waals surface area (Å²) < 4.78 is 12.5. The van der Waals surface area contributed by atoms with Crippen molar-refractivity contribution in [1.82, 2.24) is 15.1 Å². The lowest BCUT2D eigenvalue weighted by molar-refractivity contribution is 0.385. The van der Waals surface area contributed by atoms with Gasteiger partial charge in [0.25, 0.3) is 0 Å². The van der Waals surface area contributed by atoms with Gasteiger partial charge in [-0.2, -0.15) is 5.10 Å². The zero-order valence-corrected chi connectivity index (χ0v) is 13.3. The van der Waals surface area contributed by atoms with Gasteiger partial charge in [-0.15, -0.1) is 0 Å². The molecule has 1 aromatic carbocycles. The third-order valence-electron chi connectivity index (χ3n) is 3.62. The average Bonchev–Trinajstić information content (AvgIpc) is 2.81. The Kier molecular flexibility index (Phi) is 4.85. The lowest BCUT2D eigenvalue weighted by atomic mass is 10.1. The van der Waals surface area contributed by atoms with E-state index in [-0.39, 0.29) is 6.04 Å². The van der Waals surface area contributed by atoms with Crippen LogP contribution in [-0.4, -0.2) is 24.0 Å². The number of nitrogens with one attached hydrogen (secondary N) is 1. The van der Waals surface area contributed by atoms with Crippen LogP contribution in [0.3, 0.4) is 0 Å². The quantitative estimate of drug-likeness (QED) is 0.888. The first kappa shape index (κ1) is 15.4. The van der Waals surface area contributed by atoms with Crippen LogP contribution in [0.2, 0.25) is 0 Å². The number of nitrogens with zero attached hydrogens (tertiary/aromatic N) is 2. The van der Waals surface area contributed by atoms with Gasteiger partial charge >= 0.3 is 0 Å². The molecule has 21 heavy (non-hydrogen) atoms. The van der Waals surface area contributed by atoms with Crippen molar-refractivity contribution in [3.8, 4) is 11.5 Å². The molecule has 0 saturated carbocycles. The van der Waals surface area contributed by atoms with E-state index in [0.717, 1.165) is 29.3 Å². The third kappa shape index (κ3) is 3.55. The third-order valence-corrected chi connectivity index (χ3v) is 3.62. The lowest BCUT2D eigenvalue weighted by Crippen LogP contribution is -2.19. The summed E-state index contributed by atoms with van der Waals surface area (Å²) in [6.07, 6.45) is 2.04. The molecule has 1 heterocycles. The molecule has 1 atom stereocenters. The van der Waals surface area contributed by atoms with E-state index in [1.807, 2.05) is 43.0 Å². The van der Waals surface area contributed by atoms with E-state index >= 15 is 0 Å². The molecule has 5 heteroatoms. The molecule has 1 aromatic heterocycles. The van der Waals surface area contributed by atoms with Gasteiger partial charge in [0.15, 0.2) is 0 Å². The monoisotopic (exact) mass is 289 g/mol. The maximum absolute atomic E-state index is 5.45. The van der Waals surface area contributed by atoms with E-state index in [4.69, 9.17) is 9.47 Å². The highest BCUT2D eigenvalue weighted by molar-refractivity contribution is 5.42. The Bertz CT molecular complexity index is 608. The number of hydrogen-bond acceptors (Lipinski definition) is 4. The topological polar surface area (TPSA) is 48.3 Å². The molecule has 0 aliphatic carbocycles. The van der Waals surface area contributed by atoms with Crippen molar-refractivity contribution in [3.05, 3.63) is 41.2 Å². The fourth-order valence-corrected chi connectivity index (χ4v) is 2.37. The predicted octanol–water partition coefficient (Wildman–Crippen LogP) is 2.60. The molecule has 0 aliphatic heterocycles. The normalized spacial score (nSPS) is 12.2. The number of ether oxygens (including phenoxy) is 2. The van der Waals surface area contributed by atoms with Crippen LogP contribution in [0, 0.1) is 6.92 Å². The molecule has 0 bridgehead atoms. The molecular formula is C16H23N3O2. The van der Waals surface area contributed by atoms with Gasteiger partial charge < -0.3 is 14.8 Å². The smallest absolute Gasteiger partial charge is 0.127 e. The molecule has 0 spiro atoms. The molecule has 1 N–H and O–H groups in total. The van der Waals surface area contributed by atoms with Gasteiger partial charge in [0.1, 0.15) is 11.5 Å². The molecular weight excluding hydrogens is 266 g/mol. The van der Waals surface area contributed by atoms with Crippen molar-refractivity contribution in [3.63, 3.8) is 0 Å². The van der Waals surface area contributed by atoms with Crippen molar-refractivity contribution in [2.45, 2.75) is 26.4 Å². The Morgan fingerprint density at radius 1 is 1.29 bits per heavy atom. The second kappa shape index (κ2) is 6.63. The standard InChI is InChI=1S/C16H23N3O2/c1-11-13(10-19(3)18-11)9-17-12(2)15-7-6-14(20-4)8-16(15)21-5/h6-8,10,12,17H,9H2,1-5H3. The molecule has 0 fully saturated rings. The van der Waals surface area contributed by atoms with Crippen molar-refractivity contribution >= 4 is 0 Å². The van der Waals surface area contributed by atoms with Gasteiger partial charge in [-0.05, 0) is 19.9 Å². The summed E-state index contributed by atoms with van der Waals surface area (Å²) in [7, 11) is 5.27. The number of aryl methyl sites for hydroxylation is 2. The molecule has 0 saturated heterocycles. The summed E-state index contributed by atoms with van der Waals surface area (Å²) in [5, 5.41) is 7.86. The van der Waals surface area contributed by atoms with Crippen LogP contribution >= 0.6 is 0 Å². The minimum atomic E-state index is 0.172. The molecule has 0 radical (unpaired) electrons. The van der Waals surface area contributed by atoms with E-state index in [1.165, 1.54) is 5.56 Å². The highest BCUT2D eigenvalue weighted by Crippen LogP contribution is 2.29. The largest absolute Gasteiger partial charge is 0.497 e. The minimum absolute atomic E-state index is 0.172. The van der Waals surface area contributed by atoms with Gasteiger partial charge in [0.2, 0.25) is 0 Å². The van der Waals surface area contributed by atoms with Crippen molar-refractivity contribution in [2.75, 3.05) is 14.2 Å². The summed E-state index contributed by atoms with van der Waals surface area (Å²) in [6.45, 7) is 4.92. The van der Waals surface area contributed by atoms with Gasteiger partial charge in [0, 0.05) is 43.0 Å². The summed E-state index contributed by atoms with van der Waals surface area (Å²) in [5.41, 5.74) is 3.37. The molecule has 5 nitrogen and oxygen atoms in total. The number of methoxy groups -OCH3 is 2. The first-order valence-corrected chi connectivity index (χ1v) is 6.99. The zero-order valence-electron chi connectivity index (χ0n) is 13.3. The fraction of sp³-hybridized carbons (Fsp3) is 0.438. The second-order valence-corrected chi connectivity index (χ2v) is 5.12. The lowest BCUT2D eigenvalue weighted by Gasteiger charge is -2.18. The van der Waals surface area contributed by atoms with Crippen LogP contribution in [0.1, 0.15) is 29.8 Å². The number of rotatable bonds is 6. The van der Waals surface area contributed by atoms with Crippen LogP contribution in [0.5, 0.6) is 11.5 Å². The number of aromatic nitrogens is 2. The van der Waals surface area contributed by atoms with E-state index < -0.39 is 0 Å². The summed E-state index contributed by atoms with van der Waals surface area (Å²) in [6, 6.07) is 6.06. The minimum Gasteiger partial charge on any atom is -0.497 e.